The molecular formula is C36H33BrClN5O3S. The first-order valence-electron chi connectivity index (χ1n) is 14.9. The number of halogens is 2. The molecule has 0 spiro atoms. The number of aromatic nitrogens is 3. The zero-order valence-electron chi connectivity index (χ0n) is 26.3. The number of aryl methyl sites for hydroxylation is 1. The van der Waals surface area contributed by atoms with Crippen LogP contribution < -0.4 is 20.1 Å². The van der Waals surface area contributed by atoms with Gasteiger partial charge in [-0.15, -0.1) is 5.10 Å². The summed E-state index contributed by atoms with van der Waals surface area (Å²) in [5, 5.41) is 12.6. The second-order valence-electron chi connectivity index (χ2n) is 11.1. The molecule has 6 rings (SSSR count). The van der Waals surface area contributed by atoms with E-state index in [2.05, 4.69) is 26.6 Å². The number of allylic oxidation sites excluding steroid dienone is 1. The zero-order valence-corrected chi connectivity index (χ0v) is 29.5. The normalized spacial score (nSPS) is 14.0. The third kappa shape index (κ3) is 7.20. The number of carbonyl (C=O) groups is 1. The first-order valence-corrected chi connectivity index (χ1v) is 17.1. The van der Waals surface area contributed by atoms with E-state index >= 15 is 0 Å². The van der Waals surface area contributed by atoms with Crippen LogP contribution in [0.3, 0.4) is 0 Å². The van der Waals surface area contributed by atoms with Gasteiger partial charge in [0, 0.05) is 26.6 Å². The van der Waals surface area contributed by atoms with Crippen LogP contribution in [0.4, 0.5) is 11.6 Å². The Balaban J connectivity index is 1.36. The number of hydrogen-bond donors (Lipinski definition) is 2. The van der Waals surface area contributed by atoms with Gasteiger partial charge in [-0.2, -0.15) is 4.98 Å². The number of nitrogens with one attached hydrogen (secondary N) is 2. The maximum atomic E-state index is 14.1. The zero-order chi connectivity index (χ0) is 33.1. The number of hydrogen-bond acceptors (Lipinski definition) is 7. The van der Waals surface area contributed by atoms with E-state index < -0.39 is 6.04 Å². The standard InChI is InChI=1S/C36H33BrClN5O3S/c1-21-9-7-14-29(22(21)2)40-34(44)32-23(3)39-35-41-36(47-20-26-11-5-6-13-28(26)38)42-43(35)33(32)25-15-16-30(31(18-25)45-4)46-19-24-10-8-12-27(37)17-24/h5-18,33H,19-20H2,1-4H3,(H,40,44)(H,39,41,42). The Labute approximate surface area is 291 Å². The van der Waals surface area contributed by atoms with Crippen molar-refractivity contribution in [1.82, 2.24) is 14.8 Å². The van der Waals surface area contributed by atoms with E-state index in [0.29, 0.717) is 51.3 Å². The van der Waals surface area contributed by atoms with Crippen LogP contribution in [-0.2, 0) is 17.2 Å². The number of benzene rings is 4. The molecule has 0 bridgehead atoms. The van der Waals surface area contributed by atoms with E-state index in [1.807, 2.05) is 106 Å². The summed E-state index contributed by atoms with van der Waals surface area (Å²) in [6.07, 6.45) is 0. The van der Waals surface area contributed by atoms with Crippen LogP contribution in [0.2, 0.25) is 5.02 Å². The molecule has 1 amide bonds. The number of fused-ring (bicyclic) bond motifs is 1. The van der Waals surface area contributed by atoms with Crippen LogP contribution in [0.15, 0.2) is 106 Å². The minimum atomic E-state index is -0.605. The molecule has 0 fully saturated rings. The Bertz CT molecular complexity index is 2000. The summed E-state index contributed by atoms with van der Waals surface area (Å²) in [6.45, 7) is 6.27. The topological polar surface area (TPSA) is 90.3 Å². The number of ether oxygens (including phenoxy) is 2. The Morgan fingerprint density at radius 1 is 1.02 bits per heavy atom. The van der Waals surface area contributed by atoms with Crippen molar-refractivity contribution in [2.45, 2.75) is 44.3 Å². The highest BCUT2D eigenvalue weighted by Crippen LogP contribution is 2.40. The molecule has 0 saturated heterocycles. The number of thioether (sulfide) groups is 1. The highest BCUT2D eigenvalue weighted by atomic mass is 79.9. The number of carbonyl (C=O) groups excluding carboxylic acids is 1. The summed E-state index contributed by atoms with van der Waals surface area (Å²) in [7, 11) is 1.60. The second-order valence-corrected chi connectivity index (χ2v) is 13.4. The summed E-state index contributed by atoms with van der Waals surface area (Å²) < 4.78 is 14.7. The lowest BCUT2D eigenvalue weighted by Crippen LogP contribution is -2.31. The maximum Gasteiger partial charge on any atom is 0.255 e. The molecule has 0 aliphatic carbocycles. The molecule has 4 aromatic carbocycles. The average molecular weight is 731 g/mol. The monoisotopic (exact) mass is 729 g/mol. The predicted octanol–water partition coefficient (Wildman–Crippen LogP) is 9.12. The minimum absolute atomic E-state index is 0.242. The fourth-order valence-corrected chi connectivity index (χ4v) is 6.95. The van der Waals surface area contributed by atoms with Crippen molar-refractivity contribution in [2.75, 3.05) is 17.7 Å². The molecule has 240 valence electrons. The predicted molar refractivity (Wildman–Crippen MR) is 192 cm³/mol. The van der Waals surface area contributed by atoms with Gasteiger partial charge in [0.25, 0.3) is 5.91 Å². The Hall–Kier alpha value is -4.25. The van der Waals surface area contributed by atoms with Crippen molar-refractivity contribution in [3.05, 3.63) is 134 Å². The van der Waals surface area contributed by atoms with Gasteiger partial charge in [-0.1, -0.05) is 87.8 Å². The van der Waals surface area contributed by atoms with Crippen molar-refractivity contribution >= 4 is 56.8 Å². The van der Waals surface area contributed by atoms with E-state index in [0.717, 1.165) is 38.0 Å². The van der Waals surface area contributed by atoms with Gasteiger partial charge in [0.2, 0.25) is 11.1 Å². The highest BCUT2D eigenvalue weighted by molar-refractivity contribution is 9.10. The summed E-state index contributed by atoms with van der Waals surface area (Å²) in [5.74, 6) is 2.01. The van der Waals surface area contributed by atoms with Crippen LogP contribution in [0.5, 0.6) is 11.5 Å². The molecule has 2 heterocycles. The Kier molecular flexibility index (Phi) is 9.91. The van der Waals surface area contributed by atoms with Gasteiger partial charge in [0.15, 0.2) is 11.5 Å². The van der Waals surface area contributed by atoms with Crippen LogP contribution in [-0.4, -0.2) is 27.8 Å². The second kappa shape index (κ2) is 14.3. The van der Waals surface area contributed by atoms with Gasteiger partial charge in [-0.25, -0.2) is 4.68 Å². The molecule has 0 saturated carbocycles. The first kappa shape index (κ1) is 32.7. The third-order valence-electron chi connectivity index (χ3n) is 8.03. The maximum absolute atomic E-state index is 14.1. The molecule has 1 aromatic heterocycles. The van der Waals surface area contributed by atoms with Crippen molar-refractivity contribution in [3.8, 4) is 11.5 Å². The summed E-state index contributed by atoms with van der Waals surface area (Å²) in [4.78, 5) is 18.9. The molecule has 1 atom stereocenters. The van der Waals surface area contributed by atoms with Gasteiger partial charge < -0.3 is 20.1 Å². The fraction of sp³-hybridized carbons (Fsp3) is 0.194. The molecule has 47 heavy (non-hydrogen) atoms. The van der Waals surface area contributed by atoms with Crippen LogP contribution >= 0.6 is 39.3 Å². The number of anilines is 2. The fourth-order valence-electron chi connectivity index (χ4n) is 5.39. The van der Waals surface area contributed by atoms with Gasteiger partial charge in [-0.05, 0) is 85.0 Å². The molecule has 11 heteroatoms. The van der Waals surface area contributed by atoms with Gasteiger partial charge in [-0.3, -0.25) is 4.79 Å². The summed E-state index contributed by atoms with van der Waals surface area (Å²) in [5.41, 5.74) is 6.83. The molecule has 1 aliphatic rings. The molecule has 8 nitrogen and oxygen atoms in total. The van der Waals surface area contributed by atoms with Crippen molar-refractivity contribution in [2.24, 2.45) is 0 Å². The van der Waals surface area contributed by atoms with Crippen LogP contribution in [0.1, 0.15) is 40.8 Å². The van der Waals surface area contributed by atoms with E-state index in [1.165, 1.54) is 11.8 Å². The largest absolute Gasteiger partial charge is 0.493 e. The number of amides is 1. The molecule has 1 unspecified atom stereocenters. The van der Waals surface area contributed by atoms with Crippen LogP contribution in [0.25, 0.3) is 0 Å². The van der Waals surface area contributed by atoms with E-state index in [1.54, 1.807) is 11.8 Å². The lowest BCUT2D eigenvalue weighted by atomic mass is 9.94. The van der Waals surface area contributed by atoms with Gasteiger partial charge in [0.05, 0.1) is 12.7 Å². The van der Waals surface area contributed by atoms with Gasteiger partial charge in [0.1, 0.15) is 12.6 Å². The lowest BCUT2D eigenvalue weighted by molar-refractivity contribution is -0.113. The quantitative estimate of drug-likeness (QED) is 0.139. The molecule has 1 aliphatic heterocycles. The van der Waals surface area contributed by atoms with Crippen molar-refractivity contribution < 1.29 is 14.3 Å². The molecule has 5 aromatic rings. The number of methoxy groups -OCH3 is 1. The van der Waals surface area contributed by atoms with Crippen molar-refractivity contribution in [1.29, 1.82) is 0 Å². The molecular weight excluding hydrogens is 698 g/mol. The number of rotatable bonds is 10. The highest BCUT2D eigenvalue weighted by Gasteiger charge is 2.35. The Morgan fingerprint density at radius 3 is 2.62 bits per heavy atom. The molecule has 0 radical (unpaired) electrons. The average Bonchev–Trinajstić information content (AvgIpc) is 3.47. The van der Waals surface area contributed by atoms with E-state index in [4.69, 9.17) is 31.2 Å². The lowest BCUT2D eigenvalue weighted by Gasteiger charge is -2.29. The summed E-state index contributed by atoms with van der Waals surface area (Å²) in [6, 6.07) is 26.6. The smallest absolute Gasteiger partial charge is 0.255 e. The van der Waals surface area contributed by atoms with Gasteiger partial charge >= 0.3 is 0 Å². The van der Waals surface area contributed by atoms with E-state index in [9.17, 15) is 4.79 Å². The minimum Gasteiger partial charge on any atom is -0.493 e. The summed E-state index contributed by atoms with van der Waals surface area (Å²) >= 11 is 11.4. The number of nitrogens with zero attached hydrogens (tertiary/aromatic N) is 3. The van der Waals surface area contributed by atoms with Crippen LogP contribution in [0, 0.1) is 13.8 Å². The van der Waals surface area contributed by atoms with E-state index in [-0.39, 0.29) is 5.91 Å². The first-order chi connectivity index (χ1) is 22.7. The SMILES string of the molecule is COc1cc(C2C(C(=O)Nc3cccc(C)c3C)=C(C)Nc3nc(SCc4ccccc4Cl)nn32)ccc1OCc1cccc(Br)c1. The Morgan fingerprint density at radius 2 is 1.83 bits per heavy atom. The van der Waals surface area contributed by atoms with Crippen molar-refractivity contribution in [3.63, 3.8) is 0 Å². The molecule has 2 N–H and O–H groups in total. The third-order valence-corrected chi connectivity index (χ3v) is 9.78.